The number of aromatic nitrogens is 2. The smallest absolute Gasteiger partial charge is 0.387 e. The fraction of sp³-hybridized carbons (Fsp3) is 0.136. The number of nitrogens with one attached hydrogen (secondary N) is 1. The summed E-state index contributed by atoms with van der Waals surface area (Å²) in [4.78, 5) is 29.7. The highest BCUT2D eigenvalue weighted by atomic mass is 32.1. The highest BCUT2D eigenvalue weighted by molar-refractivity contribution is 7.16. The number of hydrogen-bond acceptors (Lipinski definition) is 5. The number of ether oxygens (including phenoxy) is 1. The van der Waals surface area contributed by atoms with Crippen molar-refractivity contribution in [1.29, 1.82) is 0 Å². The Bertz CT molecular complexity index is 1270. The minimum atomic E-state index is -2.96. The van der Waals surface area contributed by atoms with Gasteiger partial charge in [-0.05, 0) is 35.2 Å². The highest BCUT2D eigenvalue weighted by Crippen LogP contribution is 2.27. The van der Waals surface area contributed by atoms with Crippen molar-refractivity contribution in [3.05, 3.63) is 87.8 Å². The largest absolute Gasteiger partial charge is 0.435 e. The van der Waals surface area contributed by atoms with E-state index in [1.54, 1.807) is 17.5 Å². The molecule has 31 heavy (non-hydrogen) atoms. The van der Waals surface area contributed by atoms with Gasteiger partial charge in [0.2, 0.25) is 5.91 Å². The summed E-state index contributed by atoms with van der Waals surface area (Å²) in [5, 5.41) is 4.92. The van der Waals surface area contributed by atoms with Crippen molar-refractivity contribution in [1.82, 2.24) is 9.55 Å². The zero-order valence-electron chi connectivity index (χ0n) is 16.1. The number of carbonyl (C=O) groups excluding carboxylic acids is 1. The number of fused-ring (bicyclic) bond motifs is 1. The number of alkyl halides is 2. The first-order valence-corrected chi connectivity index (χ1v) is 10.2. The molecule has 0 aliphatic carbocycles. The highest BCUT2D eigenvalue weighted by Gasteiger charge is 2.14. The fourth-order valence-electron chi connectivity index (χ4n) is 3.18. The van der Waals surface area contributed by atoms with Gasteiger partial charge in [0.05, 0.1) is 11.7 Å². The molecule has 0 bridgehead atoms. The van der Waals surface area contributed by atoms with Crippen LogP contribution >= 0.6 is 11.3 Å². The van der Waals surface area contributed by atoms with E-state index in [1.807, 2.05) is 30.3 Å². The Balaban J connectivity index is 1.54. The van der Waals surface area contributed by atoms with E-state index in [0.717, 1.165) is 5.56 Å². The number of carbonyl (C=O) groups is 1. The van der Waals surface area contributed by atoms with Crippen LogP contribution in [0, 0.1) is 0 Å². The van der Waals surface area contributed by atoms with Crippen LogP contribution in [0.4, 0.5) is 14.5 Å². The van der Waals surface area contributed by atoms with Crippen molar-refractivity contribution in [2.75, 3.05) is 5.32 Å². The standard InChI is InChI=1S/C22H17F2N3O3S/c23-22(24)30-18-7-6-16(11-15(18)10-14-4-2-1-3-5-14)26-19(28)12-27-13-25-20-17(21(27)29)8-9-31-20/h1-9,11,13,22H,10,12H2,(H,26,28). The summed E-state index contributed by atoms with van der Waals surface area (Å²) in [6, 6.07) is 15.4. The lowest BCUT2D eigenvalue weighted by Crippen LogP contribution is -2.27. The Labute approximate surface area is 179 Å². The van der Waals surface area contributed by atoms with Crippen molar-refractivity contribution in [3.63, 3.8) is 0 Å². The van der Waals surface area contributed by atoms with Gasteiger partial charge in [0.25, 0.3) is 5.56 Å². The lowest BCUT2D eigenvalue weighted by molar-refractivity contribution is -0.116. The molecule has 0 aliphatic heterocycles. The number of nitrogens with zero attached hydrogens (tertiary/aromatic N) is 2. The molecule has 0 unspecified atom stereocenters. The first-order chi connectivity index (χ1) is 15.0. The van der Waals surface area contributed by atoms with Crippen molar-refractivity contribution in [2.45, 2.75) is 19.6 Å². The number of benzene rings is 2. The van der Waals surface area contributed by atoms with Crippen LogP contribution in [0.15, 0.2) is 71.1 Å². The summed E-state index contributed by atoms with van der Waals surface area (Å²) >= 11 is 1.35. The first kappa shape index (κ1) is 20.7. The third-order valence-corrected chi connectivity index (χ3v) is 5.38. The molecule has 0 atom stereocenters. The summed E-state index contributed by atoms with van der Waals surface area (Å²) in [6.07, 6.45) is 1.69. The molecule has 2 aromatic heterocycles. The van der Waals surface area contributed by atoms with Gasteiger partial charge in [-0.1, -0.05) is 30.3 Å². The molecule has 158 valence electrons. The summed E-state index contributed by atoms with van der Waals surface area (Å²) < 4.78 is 31.4. The van der Waals surface area contributed by atoms with Crippen LogP contribution < -0.4 is 15.6 Å². The number of hydrogen-bond donors (Lipinski definition) is 1. The van der Waals surface area contributed by atoms with Crippen LogP contribution in [0.25, 0.3) is 10.2 Å². The molecule has 2 aromatic carbocycles. The lowest BCUT2D eigenvalue weighted by atomic mass is 10.0. The fourth-order valence-corrected chi connectivity index (χ4v) is 3.91. The van der Waals surface area contributed by atoms with Crippen LogP contribution in [0.2, 0.25) is 0 Å². The SMILES string of the molecule is O=C(Cn1cnc2sccc2c1=O)Nc1ccc(OC(F)F)c(Cc2ccccc2)c1. The zero-order chi connectivity index (χ0) is 21.8. The van der Waals surface area contributed by atoms with E-state index in [1.165, 1.54) is 34.4 Å². The molecule has 0 aliphatic rings. The first-order valence-electron chi connectivity index (χ1n) is 9.34. The maximum Gasteiger partial charge on any atom is 0.387 e. The van der Waals surface area contributed by atoms with E-state index in [4.69, 9.17) is 0 Å². The number of amides is 1. The molecular weight excluding hydrogens is 424 g/mol. The predicted octanol–water partition coefficient (Wildman–Crippen LogP) is 4.29. The van der Waals surface area contributed by atoms with Gasteiger partial charge in [0.1, 0.15) is 17.1 Å². The second kappa shape index (κ2) is 9.05. The van der Waals surface area contributed by atoms with Crippen LogP contribution in [0.3, 0.4) is 0 Å². The van der Waals surface area contributed by atoms with Crippen molar-refractivity contribution >= 4 is 33.1 Å². The van der Waals surface area contributed by atoms with Crippen LogP contribution in [-0.2, 0) is 17.8 Å². The minimum Gasteiger partial charge on any atom is -0.435 e. The second-order valence-corrected chi connectivity index (χ2v) is 7.62. The third kappa shape index (κ3) is 4.95. The van der Waals surface area contributed by atoms with Gasteiger partial charge in [-0.25, -0.2) is 4.98 Å². The molecule has 4 aromatic rings. The molecule has 0 spiro atoms. The summed E-state index contributed by atoms with van der Waals surface area (Å²) in [5.41, 5.74) is 1.52. The molecule has 0 saturated heterocycles. The molecule has 0 radical (unpaired) electrons. The Morgan fingerprint density at radius 2 is 1.97 bits per heavy atom. The molecule has 0 saturated carbocycles. The van der Waals surface area contributed by atoms with Gasteiger partial charge in [-0.3, -0.25) is 14.2 Å². The molecule has 4 rings (SSSR count). The van der Waals surface area contributed by atoms with Gasteiger partial charge in [-0.15, -0.1) is 11.3 Å². The summed E-state index contributed by atoms with van der Waals surface area (Å²) in [7, 11) is 0. The summed E-state index contributed by atoms with van der Waals surface area (Å²) in [5.74, 6) is -0.396. The predicted molar refractivity (Wildman–Crippen MR) is 115 cm³/mol. The molecule has 9 heteroatoms. The van der Waals surface area contributed by atoms with E-state index in [-0.39, 0.29) is 17.9 Å². The van der Waals surface area contributed by atoms with Crippen molar-refractivity contribution < 1.29 is 18.3 Å². The van der Waals surface area contributed by atoms with Gasteiger partial charge in [0, 0.05) is 17.7 Å². The molecule has 2 heterocycles. The van der Waals surface area contributed by atoms with Crippen LogP contribution in [0.5, 0.6) is 5.75 Å². The molecule has 1 amide bonds. The topological polar surface area (TPSA) is 73.2 Å². The second-order valence-electron chi connectivity index (χ2n) is 6.73. The molecule has 1 N–H and O–H groups in total. The van der Waals surface area contributed by atoms with E-state index in [9.17, 15) is 18.4 Å². The Morgan fingerprint density at radius 3 is 2.74 bits per heavy atom. The summed E-state index contributed by atoms with van der Waals surface area (Å²) in [6.45, 7) is -3.18. The third-order valence-electron chi connectivity index (χ3n) is 4.56. The van der Waals surface area contributed by atoms with Crippen molar-refractivity contribution in [2.24, 2.45) is 0 Å². The Morgan fingerprint density at radius 1 is 1.16 bits per heavy atom. The van der Waals surface area contributed by atoms with Crippen LogP contribution in [0.1, 0.15) is 11.1 Å². The molecule has 0 fully saturated rings. The number of thiophene rings is 1. The van der Waals surface area contributed by atoms with Gasteiger partial charge in [0.15, 0.2) is 0 Å². The van der Waals surface area contributed by atoms with E-state index in [2.05, 4.69) is 15.0 Å². The normalized spacial score (nSPS) is 11.1. The number of halogens is 2. The Hall–Kier alpha value is -3.59. The average molecular weight is 441 g/mol. The van der Waals surface area contributed by atoms with Gasteiger partial charge >= 0.3 is 6.61 Å². The molecule has 6 nitrogen and oxygen atoms in total. The maximum absolute atomic E-state index is 12.8. The van der Waals surface area contributed by atoms with Crippen molar-refractivity contribution in [3.8, 4) is 5.75 Å². The van der Waals surface area contributed by atoms with Gasteiger partial charge < -0.3 is 10.1 Å². The number of rotatable bonds is 7. The number of anilines is 1. The Kier molecular flexibility index (Phi) is 6.03. The molecular formula is C22H17F2N3O3S. The monoisotopic (exact) mass is 441 g/mol. The van der Waals surface area contributed by atoms with E-state index < -0.39 is 12.5 Å². The quantitative estimate of drug-likeness (QED) is 0.464. The minimum absolute atomic E-state index is 0.0418. The van der Waals surface area contributed by atoms with E-state index in [0.29, 0.717) is 27.9 Å². The van der Waals surface area contributed by atoms with Gasteiger partial charge in [-0.2, -0.15) is 8.78 Å². The zero-order valence-corrected chi connectivity index (χ0v) is 16.9. The maximum atomic E-state index is 12.8. The average Bonchev–Trinajstić information content (AvgIpc) is 3.22. The van der Waals surface area contributed by atoms with Crippen LogP contribution in [-0.4, -0.2) is 22.1 Å². The van der Waals surface area contributed by atoms with E-state index >= 15 is 0 Å². The lowest BCUT2D eigenvalue weighted by Gasteiger charge is -2.14.